The molecule has 2 unspecified atom stereocenters. The fourth-order valence-electron chi connectivity index (χ4n) is 6.52. The fourth-order valence-corrected chi connectivity index (χ4v) is 7.02. The van der Waals surface area contributed by atoms with Gasteiger partial charge in [0, 0.05) is 50.2 Å². The lowest BCUT2D eigenvalue weighted by Crippen LogP contribution is -2.66. The molecule has 218 valence electrons. The van der Waals surface area contributed by atoms with E-state index in [9.17, 15) is 9.59 Å². The van der Waals surface area contributed by atoms with Crippen molar-refractivity contribution in [1.82, 2.24) is 20.0 Å². The number of piperidine rings is 2. The monoisotopic (exact) mass is 606 g/mol. The predicted molar refractivity (Wildman–Crippen MR) is 165 cm³/mol. The van der Waals surface area contributed by atoms with Crippen LogP contribution in [0.5, 0.6) is 0 Å². The molecule has 4 rings (SSSR count). The molecule has 2 amide bonds. The summed E-state index contributed by atoms with van der Waals surface area (Å²) in [5.41, 5.74) is 1.16. The van der Waals surface area contributed by atoms with Crippen molar-refractivity contribution in [2.75, 3.05) is 47.3 Å². The zero-order valence-corrected chi connectivity index (χ0v) is 26.0. The second-order valence-corrected chi connectivity index (χ2v) is 12.7. The fraction of sp³-hybridized carbons (Fsp3) is 0.548. The lowest BCUT2D eigenvalue weighted by atomic mass is 9.80. The van der Waals surface area contributed by atoms with Gasteiger partial charge in [-0.3, -0.25) is 14.5 Å². The molecule has 0 radical (unpaired) electrons. The molecule has 2 atom stereocenters. The third kappa shape index (κ3) is 7.14. The van der Waals surface area contributed by atoms with Crippen LogP contribution in [0, 0.1) is 0 Å². The first-order valence-electron chi connectivity index (χ1n) is 14.3. The standard InChI is InChI=1S/C31H41Cl3N4O2/c1-36(2)30(40)31(14-16-35-17-15-31)38-18-5-4-9-26(38)12-10-24(22-11-13-27(33)28(34)20-22)21-37(3)29(39)23-7-6-8-25(32)19-23/h6-8,11,13,19-20,24,26,35H,4-5,9-10,12,14-18,21H2,1-3H3. The van der Waals surface area contributed by atoms with E-state index >= 15 is 0 Å². The number of carbonyl (C=O) groups is 2. The van der Waals surface area contributed by atoms with E-state index in [1.54, 1.807) is 34.1 Å². The van der Waals surface area contributed by atoms with Crippen LogP contribution in [0.4, 0.5) is 0 Å². The van der Waals surface area contributed by atoms with Crippen molar-refractivity contribution in [3.8, 4) is 0 Å². The Balaban J connectivity index is 1.57. The first-order valence-corrected chi connectivity index (χ1v) is 15.4. The number of hydrogen-bond donors (Lipinski definition) is 1. The van der Waals surface area contributed by atoms with Gasteiger partial charge in [-0.15, -0.1) is 0 Å². The summed E-state index contributed by atoms with van der Waals surface area (Å²) >= 11 is 18.9. The predicted octanol–water partition coefficient (Wildman–Crippen LogP) is 6.35. The van der Waals surface area contributed by atoms with Crippen molar-refractivity contribution in [3.63, 3.8) is 0 Å². The van der Waals surface area contributed by atoms with Crippen molar-refractivity contribution < 1.29 is 9.59 Å². The number of rotatable bonds is 9. The molecule has 40 heavy (non-hydrogen) atoms. The molecule has 1 N–H and O–H groups in total. The minimum absolute atomic E-state index is 0.0557. The molecule has 2 aliphatic rings. The Morgan fingerprint density at radius 3 is 2.45 bits per heavy atom. The van der Waals surface area contributed by atoms with Crippen molar-refractivity contribution in [1.29, 1.82) is 0 Å². The second-order valence-electron chi connectivity index (χ2n) is 11.5. The van der Waals surface area contributed by atoms with E-state index in [1.807, 2.05) is 39.3 Å². The zero-order valence-electron chi connectivity index (χ0n) is 23.8. The number of carbonyl (C=O) groups excluding carboxylic acids is 2. The number of benzene rings is 2. The van der Waals surface area contributed by atoms with Crippen molar-refractivity contribution in [2.45, 2.75) is 62.4 Å². The number of likely N-dealkylation sites (tertiary alicyclic amines) is 1. The van der Waals surface area contributed by atoms with Crippen molar-refractivity contribution in [2.24, 2.45) is 0 Å². The Kier molecular flexibility index (Phi) is 10.8. The molecular weight excluding hydrogens is 567 g/mol. The molecule has 0 spiro atoms. The van der Waals surface area contributed by atoms with E-state index < -0.39 is 5.54 Å². The van der Waals surface area contributed by atoms with E-state index in [2.05, 4.69) is 10.2 Å². The molecule has 0 bridgehead atoms. The third-order valence-electron chi connectivity index (χ3n) is 8.59. The maximum absolute atomic E-state index is 13.6. The first kappa shape index (κ1) is 31.1. The Morgan fingerprint density at radius 2 is 1.77 bits per heavy atom. The minimum atomic E-state index is -0.460. The van der Waals surface area contributed by atoms with Gasteiger partial charge in [0.15, 0.2) is 0 Å². The van der Waals surface area contributed by atoms with Crippen molar-refractivity contribution in [3.05, 3.63) is 68.7 Å². The van der Waals surface area contributed by atoms with Crippen LogP contribution in [0.3, 0.4) is 0 Å². The van der Waals surface area contributed by atoms with Gasteiger partial charge in [-0.2, -0.15) is 0 Å². The summed E-state index contributed by atoms with van der Waals surface area (Å²) in [4.78, 5) is 33.0. The third-order valence-corrected chi connectivity index (χ3v) is 9.56. The van der Waals surface area contributed by atoms with Crippen LogP contribution in [0.15, 0.2) is 42.5 Å². The molecule has 6 nitrogen and oxygen atoms in total. The van der Waals surface area contributed by atoms with E-state index in [0.717, 1.165) is 70.1 Å². The highest BCUT2D eigenvalue weighted by Crippen LogP contribution is 2.38. The second kappa shape index (κ2) is 13.9. The van der Waals surface area contributed by atoms with Gasteiger partial charge in [0.25, 0.3) is 5.91 Å². The lowest BCUT2D eigenvalue weighted by Gasteiger charge is -2.51. The molecule has 9 heteroatoms. The maximum Gasteiger partial charge on any atom is 0.253 e. The Labute approximate surface area is 253 Å². The molecule has 2 aromatic rings. The Hall–Kier alpha value is -1.83. The van der Waals surface area contributed by atoms with E-state index in [1.165, 1.54) is 0 Å². The molecule has 2 aromatic carbocycles. The quantitative estimate of drug-likeness (QED) is 0.361. The topological polar surface area (TPSA) is 55.9 Å². The number of likely N-dealkylation sites (N-methyl/N-ethyl adjacent to an activating group) is 2. The highest BCUT2D eigenvalue weighted by atomic mass is 35.5. The Bertz CT molecular complexity index is 1180. The largest absolute Gasteiger partial charge is 0.347 e. The smallest absolute Gasteiger partial charge is 0.253 e. The van der Waals surface area contributed by atoms with Gasteiger partial charge in [0.2, 0.25) is 5.91 Å². The number of halogens is 3. The minimum Gasteiger partial charge on any atom is -0.347 e. The molecule has 2 saturated heterocycles. The van der Waals surface area contributed by atoms with Crippen LogP contribution >= 0.6 is 34.8 Å². The van der Waals surface area contributed by atoms with Gasteiger partial charge in [0.1, 0.15) is 5.54 Å². The lowest BCUT2D eigenvalue weighted by molar-refractivity contribution is -0.148. The normalized spacial score (nSPS) is 20.1. The molecule has 2 fully saturated rings. The highest BCUT2D eigenvalue weighted by molar-refractivity contribution is 6.42. The van der Waals surface area contributed by atoms with Crippen LogP contribution in [-0.2, 0) is 4.79 Å². The molecule has 2 heterocycles. The summed E-state index contributed by atoms with van der Waals surface area (Å²) in [5.74, 6) is 0.200. The van der Waals surface area contributed by atoms with E-state index in [-0.39, 0.29) is 17.7 Å². The van der Waals surface area contributed by atoms with Gasteiger partial charge in [-0.1, -0.05) is 53.4 Å². The van der Waals surface area contributed by atoms with Gasteiger partial charge in [-0.05, 0) is 94.1 Å². The van der Waals surface area contributed by atoms with Crippen molar-refractivity contribution >= 4 is 46.6 Å². The zero-order chi connectivity index (χ0) is 28.9. The molecule has 2 aliphatic heterocycles. The maximum atomic E-state index is 13.6. The van der Waals surface area contributed by atoms with Gasteiger partial charge < -0.3 is 15.1 Å². The summed E-state index contributed by atoms with van der Waals surface area (Å²) in [5, 5.41) is 5.02. The Morgan fingerprint density at radius 1 is 1.02 bits per heavy atom. The summed E-state index contributed by atoms with van der Waals surface area (Å²) in [7, 11) is 5.58. The average Bonchev–Trinajstić information content (AvgIpc) is 2.96. The molecule has 0 saturated carbocycles. The number of nitrogens with zero attached hydrogens (tertiary/aromatic N) is 3. The van der Waals surface area contributed by atoms with Crippen LogP contribution in [-0.4, -0.2) is 85.4 Å². The van der Waals surface area contributed by atoms with Gasteiger partial charge >= 0.3 is 0 Å². The van der Waals surface area contributed by atoms with Crippen LogP contribution in [0.25, 0.3) is 0 Å². The first-order chi connectivity index (χ1) is 19.1. The van der Waals surface area contributed by atoms with Crippen LogP contribution < -0.4 is 5.32 Å². The number of hydrogen-bond acceptors (Lipinski definition) is 4. The van der Waals surface area contributed by atoms with Gasteiger partial charge in [0.05, 0.1) is 10.0 Å². The summed E-state index contributed by atoms with van der Waals surface area (Å²) in [6.45, 7) is 3.17. The molecule has 0 aromatic heterocycles. The van der Waals surface area contributed by atoms with Crippen LogP contribution in [0.1, 0.15) is 66.8 Å². The van der Waals surface area contributed by atoms with Gasteiger partial charge in [-0.25, -0.2) is 0 Å². The molecule has 0 aliphatic carbocycles. The molecular formula is C31H41Cl3N4O2. The number of amides is 2. The average molecular weight is 608 g/mol. The SMILES string of the molecule is CN(C)C(=O)C1(N2CCCCC2CCC(CN(C)C(=O)c2cccc(Cl)c2)c2ccc(Cl)c(Cl)c2)CCNCC1. The summed E-state index contributed by atoms with van der Waals surface area (Å²) in [6.07, 6.45) is 6.79. The number of nitrogens with one attached hydrogen (secondary N) is 1. The summed E-state index contributed by atoms with van der Waals surface area (Å²) < 4.78 is 0. The van der Waals surface area contributed by atoms with E-state index in [0.29, 0.717) is 33.2 Å². The summed E-state index contributed by atoms with van der Waals surface area (Å²) in [6, 6.07) is 13.1. The van der Waals surface area contributed by atoms with Crippen LogP contribution in [0.2, 0.25) is 15.1 Å². The van der Waals surface area contributed by atoms with E-state index in [4.69, 9.17) is 34.8 Å². The highest BCUT2D eigenvalue weighted by Gasteiger charge is 2.48.